The number of fused-ring (bicyclic) bond motifs is 1. The van der Waals surface area contributed by atoms with E-state index in [0.29, 0.717) is 18.0 Å². The van der Waals surface area contributed by atoms with Crippen molar-refractivity contribution >= 4 is 21.8 Å². The standard InChI is InChI=1S/C19H25N3O4S/c1-2-18(23)20-9-8-19(24)21-10-12-22(13-11-21)27(25,26)17-7-6-15-4-3-5-16(15)14-17/h2,6-7,14H,1,3-5,8-13H2,(H,20,23). The van der Waals surface area contributed by atoms with E-state index in [0.717, 1.165) is 30.9 Å². The van der Waals surface area contributed by atoms with Gasteiger partial charge in [-0.25, -0.2) is 8.42 Å². The number of hydrogen-bond donors (Lipinski definition) is 1. The minimum Gasteiger partial charge on any atom is -0.352 e. The van der Waals surface area contributed by atoms with Crippen LogP contribution in [0.1, 0.15) is 24.0 Å². The van der Waals surface area contributed by atoms with E-state index >= 15 is 0 Å². The molecule has 0 aromatic heterocycles. The van der Waals surface area contributed by atoms with Gasteiger partial charge < -0.3 is 10.2 Å². The summed E-state index contributed by atoms with van der Waals surface area (Å²) in [7, 11) is -3.54. The smallest absolute Gasteiger partial charge is 0.243 e. The normalized spacial score (nSPS) is 17.4. The quantitative estimate of drug-likeness (QED) is 0.724. The molecule has 0 saturated carbocycles. The largest absolute Gasteiger partial charge is 0.352 e. The number of carbonyl (C=O) groups excluding carboxylic acids is 2. The lowest BCUT2D eigenvalue weighted by molar-refractivity contribution is -0.132. The van der Waals surface area contributed by atoms with Crippen LogP contribution in [0.2, 0.25) is 0 Å². The van der Waals surface area contributed by atoms with Gasteiger partial charge in [0.05, 0.1) is 4.90 Å². The molecule has 1 aromatic rings. The molecule has 1 fully saturated rings. The van der Waals surface area contributed by atoms with Gasteiger partial charge in [0.1, 0.15) is 0 Å². The van der Waals surface area contributed by atoms with Crippen LogP contribution < -0.4 is 5.32 Å². The topological polar surface area (TPSA) is 86.8 Å². The van der Waals surface area contributed by atoms with Gasteiger partial charge in [0.2, 0.25) is 21.8 Å². The predicted octanol–water partition coefficient (Wildman–Crippen LogP) is 0.701. The van der Waals surface area contributed by atoms with Crippen molar-refractivity contribution in [1.29, 1.82) is 0 Å². The summed E-state index contributed by atoms with van der Waals surface area (Å²) in [6.07, 6.45) is 4.38. The molecular weight excluding hydrogens is 366 g/mol. The molecule has 27 heavy (non-hydrogen) atoms. The van der Waals surface area contributed by atoms with Gasteiger partial charge in [-0.05, 0) is 48.6 Å². The molecular formula is C19H25N3O4S. The number of aryl methyl sites for hydroxylation is 2. The lowest BCUT2D eigenvalue weighted by atomic mass is 10.1. The number of nitrogens with zero attached hydrogens (tertiary/aromatic N) is 2. The highest BCUT2D eigenvalue weighted by molar-refractivity contribution is 7.89. The first-order valence-electron chi connectivity index (χ1n) is 9.22. The molecule has 3 rings (SSSR count). The number of benzene rings is 1. The first-order valence-corrected chi connectivity index (χ1v) is 10.7. The zero-order valence-electron chi connectivity index (χ0n) is 15.3. The second kappa shape index (κ2) is 8.22. The molecule has 0 bridgehead atoms. The molecule has 2 aliphatic rings. The van der Waals surface area contributed by atoms with Crippen molar-refractivity contribution in [3.63, 3.8) is 0 Å². The molecule has 1 heterocycles. The van der Waals surface area contributed by atoms with E-state index in [4.69, 9.17) is 0 Å². The lowest BCUT2D eigenvalue weighted by Gasteiger charge is -2.34. The zero-order valence-corrected chi connectivity index (χ0v) is 16.1. The van der Waals surface area contributed by atoms with Crippen LogP contribution in [0.4, 0.5) is 0 Å². The summed E-state index contributed by atoms with van der Waals surface area (Å²) in [5.41, 5.74) is 2.37. The van der Waals surface area contributed by atoms with Crippen LogP contribution in [-0.2, 0) is 32.5 Å². The number of nitrogens with one attached hydrogen (secondary N) is 1. The number of rotatable bonds is 6. The Morgan fingerprint density at radius 3 is 2.52 bits per heavy atom. The van der Waals surface area contributed by atoms with Crippen molar-refractivity contribution < 1.29 is 18.0 Å². The minimum absolute atomic E-state index is 0.0889. The Kier molecular flexibility index (Phi) is 5.96. The van der Waals surface area contributed by atoms with Gasteiger partial charge in [0, 0.05) is 39.1 Å². The maximum atomic E-state index is 12.9. The fourth-order valence-electron chi connectivity index (χ4n) is 3.56. The molecule has 1 saturated heterocycles. The molecule has 1 aliphatic heterocycles. The van der Waals surface area contributed by atoms with Gasteiger partial charge in [-0.15, -0.1) is 0 Å². The number of sulfonamides is 1. The average molecular weight is 391 g/mol. The Morgan fingerprint density at radius 1 is 1.11 bits per heavy atom. The fourth-order valence-corrected chi connectivity index (χ4v) is 5.03. The van der Waals surface area contributed by atoms with E-state index < -0.39 is 10.0 Å². The van der Waals surface area contributed by atoms with Gasteiger partial charge >= 0.3 is 0 Å². The molecule has 1 aromatic carbocycles. The molecule has 1 aliphatic carbocycles. The van der Waals surface area contributed by atoms with Crippen molar-refractivity contribution in [2.45, 2.75) is 30.6 Å². The van der Waals surface area contributed by atoms with E-state index in [1.807, 2.05) is 6.07 Å². The Balaban J connectivity index is 1.56. The number of piperazine rings is 1. The first-order chi connectivity index (χ1) is 12.9. The molecule has 8 heteroatoms. The highest BCUT2D eigenvalue weighted by Gasteiger charge is 2.30. The average Bonchev–Trinajstić information content (AvgIpc) is 3.15. The van der Waals surface area contributed by atoms with Gasteiger partial charge in [0.15, 0.2) is 0 Å². The van der Waals surface area contributed by atoms with E-state index in [1.54, 1.807) is 17.0 Å². The molecule has 7 nitrogen and oxygen atoms in total. The van der Waals surface area contributed by atoms with E-state index in [9.17, 15) is 18.0 Å². The molecule has 2 amide bonds. The highest BCUT2D eigenvalue weighted by Crippen LogP contribution is 2.26. The van der Waals surface area contributed by atoms with E-state index in [2.05, 4.69) is 11.9 Å². The van der Waals surface area contributed by atoms with Crippen molar-refractivity contribution in [1.82, 2.24) is 14.5 Å². The van der Waals surface area contributed by atoms with Crippen molar-refractivity contribution in [2.75, 3.05) is 32.7 Å². The van der Waals surface area contributed by atoms with Crippen LogP contribution in [0, 0.1) is 0 Å². The van der Waals surface area contributed by atoms with Crippen LogP contribution in [-0.4, -0.2) is 62.2 Å². The monoisotopic (exact) mass is 391 g/mol. The third-order valence-electron chi connectivity index (χ3n) is 5.12. The predicted molar refractivity (Wildman–Crippen MR) is 102 cm³/mol. The summed E-state index contributed by atoms with van der Waals surface area (Å²) in [6.45, 7) is 4.88. The van der Waals surface area contributed by atoms with Crippen molar-refractivity contribution in [3.05, 3.63) is 42.0 Å². The summed E-state index contributed by atoms with van der Waals surface area (Å²) in [6, 6.07) is 5.42. The highest BCUT2D eigenvalue weighted by atomic mass is 32.2. The molecule has 0 unspecified atom stereocenters. The Morgan fingerprint density at radius 2 is 1.81 bits per heavy atom. The third kappa shape index (κ3) is 4.39. The van der Waals surface area contributed by atoms with Gasteiger partial charge in [-0.1, -0.05) is 12.6 Å². The number of carbonyl (C=O) groups is 2. The second-order valence-corrected chi connectivity index (χ2v) is 8.75. The van der Waals surface area contributed by atoms with Crippen molar-refractivity contribution in [2.24, 2.45) is 0 Å². The van der Waals surface area contributed by atoms with Gasteiger partial charge in [-0.3, -0.25) is 9.59 Å². The number of amides is 2. The zero-order chi connectivity index (χ0) is 19.4. The summed E-state index contributed by atoms with van der Waals surface area (Å²) >= 11 is 0. The number of hydrogen-bond acceptors (Lipinski definition) is 4. The van der Waals surface area contributed by atoms with Crippen molar-refractivity contribution in [3.8, 4) is 0 Å². The van der Waals surface area contributed by atoms with Crippen LogP contribution in [0.15, 0.2) is 35.7 Å². The van der Waals surface area contributed by atoms with Gasteiger partial charge in [0.25, 0.3) is 0 Å². The lowest BCUT2D eigenvalue weighted by Crippen LogP contribution is -2.50. The van der Waals surface area contributed by atoms with Gasteiger partial charge in [-0.2, -0.15) is 4.31 Å². The molecule has 146 valence electrons. The molecule has 0 spiro atoms. The maximum absolute atomic E-state index is 12.9. The van der Waals surface area contributed by atoms with E-state index in [-0.39, 0.29) is 37.9 Å². The fraction of sp³-hybridized carbons (Fsp3) is 0.474. The Bertz CT molecular complexity index is 843. The molecule has 1 N–H and O–H groups in total. The van der Waals surface area contributed by atoms with Crippen LogP contribution in [0.5, 0.6) is 0 Å². The van der Waals surface area contributed by atoms with Crippen LogP contribution in [0.25, 0.3) is 0 Å². The maximum Gasteiger partial charge on any atom is 0.243 e. The third-order valence-corrected chi connectivity index (χ3v) is 7.02. The Labute approximate surface area is 160 Å². The van der Waals surface area contributed by atoms with Crippen LogP contribution in [0.3, 0.4) is 0 Å². The first kappa shape index (κ1) is 19.6. The molecule has 0 atom stereocenters. The van der Waals surface area contributed by atoms with Crippen LogP contribution >= 0.6 is 0 Å². The van der Waals surface area contributed by atoms with E-state index in [1.165, 1.54) is 9.87 Å². The molecule has 0 radical (unpaired) electrons. The summed E-state index contributed by atoms with van der Waals surface area (Å²) in [5.74, 6) is -0.401. The summed E-state index contributed by atoms with van der Waals surface area (Å²) in [4.78, 5) is 25.3. The SMILES string of the molecule is C=CC(=O)NCCC(=O)N1CCN(S(=O)(=O)c2ccc3c(c2)CCC3)CC1. The second-order valence-electron chi connectivity index (χ2n) is 6.81. The Hall–Kier alpha value is -2.19. The minimum atomic E-state index is -3.54. The summed E-state index contributed by atoms with van der Waals surface area (Å²) < 4.78 is 27.3. The summed E-state index contributed by atoms with van der Waals surface area (Å²) in [5, 5.41) is 2.57.